The quantitative estimate of drug-likeness (QED) is 0.0465. The van der Waals surface area contributed by atoms with Crippen molar-refractivity contribution in [1.29, 1.82) is 5.41 Å². The Hall–Kier alpha value is -3.06. The molecule has 270 valence electrons. The smallest absolute Gasteiger partial charge is 0.481 e. The number of aliphatic hydroxyl groups excluding tert-OH is 3. The maximum absolute atomic E-state index is 12.6. The molecule has 0 aliphatic carbocycles. The first-order chi connectivity index (χ1) is 22.8. The molecule has 2 aliphatic rings. The van der Waals surface area contributed by atoms with Gasteiger partial charge in [-0.05, 0) is 5.90 Å². The standard InChI is InChI=1S/C21H28N7O18P3/c22-17-12-19(25-6-24-17)28(7-26-12)21-16(45-47(34,35)36)14(31)11(44-21)5-42-49(39,40)46-48(37,38)41-4-10-13(30)15(32)20(43-10)27-2-1-9(29)8(3-27)18(23)33/h1-3,6-7,10-11,13-16,20-21,30-32H,4-5H2,(H2,23,33)(H,37,38)(H,39,40)(H2,22,24,25)(H2,34,35,36)/p-1/t10-,11-,13-,14-,15-,16-,20-,21-/m1/s1. The van der Waals surface area contributed by atoms with Crippen LogP contribution in [0.25, 0.3) is 11.2 Å². The van der Waals surface area contributed by atoms with Crippen LogP contribution >= 0.6 is 23.5 Å². The van der Waals surface area contributed by atoms with Crippen molar-refractivity contribution in [3.63, 3.8) is 0 Å². The van der Waals surface area contributed by atoms with Gasteiger partial charge in [0.25, 0.3) is 0 Å². The van der Waals surface area contributed by atoms with Crippen molar-refractivity contribution in [3.8, 4) is 0 Å². The van der Waals surface area contributed by atoms with Gasteiger partial charge in [0.15, 0.2) is 29.3 Å². The van der Waals surface area contributed by atoms with Crippen LogP contribution < -0.4 is 16.3 Å². The number of anilines is 1. The second kappa shape index (κ2) is 13.9. The normalized spacial score (nSPS) is 29.9. The number of hydrogen-bond acceptors (Lipinski definition) is 19. The molecule has 5 rings (SSSR count). The molecule has 0 bridgehead atoms. The number of ether oxygens (including phenoxy) is 2. The van der Waals surface area contributed by atoms with Crippen LogP contribution in [0.15, 0.2) is 35.9 Å². The molecular weight excluding hydrogens is 731 g/mol. The monoisotopic (exact) mass is 758 g/mol. The molecule has 28 heteroatoms. The number of imidazole rings is 1. The van der Waals surface area contributed by atoms with E-state index >= 15 is 0 Å². The van der Waals surface area contributed by atoms with Gasteiger partial charge >= 0.3 is 23.5 Å². The molecule has 0 saturated carbocycles. The predicted molar refractivity (Wildman–Crippen MR) is 153 cm³/mol. The molecule has 2 unspecified atom stereocenters. The fraction of sp³-hybridized carbons (Fsp3) is 0.476. The van der Waals surface area contributed by atoms with Gasteiger partial charge in [-0.1, -0.05) is 0 Å². The highest BCUT2D eigenvalue weighted by Gasteiger charge is 2.50. The molecule has 25 nitrogen and oxygen atoms in total. The molecule has 0 spiro atoms. The number of hydrogen-bond donors (Lipinski definition) is 9. The zero-order valence-corrected chi connectivity index (χ0v) is 26.9. The lowest BCUT2D eigenvalue weighted by Crippen LogP contribution is -2.35. The summed E-state index contributed by atoms with van der Waals surface area (Å²) in [6, 6.07) is 0.897. The van der Waals surface area contributed by atoms with E-state index < -0.39 is 103 Å². The van der Waals surface area contributed by atoms with E-state index in [-0.39, 0.29) is 17.0 Å². The Bertz CT molecular complexity index is 1920. The van der Waals surface area contributed by atoms with E-state index in [4.69, 9.17) is 20.6 Å². The van der Waals surface area contributed by atoms with Crippen molar-refractivity contribution < 1.29 is 81.1 Å². The molecule has 2 aliphatic heterocycles. The van der Waals surface area contributed by atoms with E-state index in [1.807, 2.05) is 0 Å². The number of nitrogen functional groups attached to an aromatic ring is 1. The summed E-state index contributed by atoms with van der Waals surface area (Å²) in [7, 11) is -16.4. The van der Waals surface area contributed by atoms with Crippen molar-refractivity contribution >= 4 is 46.3 Å². The van der Waals surface area contributed by atoms with Gasteiger partial charge in [0.2, 0.25) is 0 Å². The van der Waals surface area contributed by atoms with E-state index in [0.717, 1.165) is 40.2 Å². The van der Waals surface area contributed by atoms with Gasteiger partial charge in [0.05, 0.1) is 19.5 Å². The Kier molecular flexibility index (Phi) is 10.6. The third kappa shape index (κ3) is 8.30. The zero-order chi connectivity index (χ0) is 36.1. The predicted octanol–water partition coefficient (Wildman–Crippen LogP) is -3.44. The molecule has 10 N–H and O–H groups in total. The van der Waals surface area contributed by atoms with Crippen LogP contribution in [-0.4, -0.2) is 115 Å². The van der Waals surface area contributed by atoms with Gasteiger partial charge < -0.3 is 65.2 Å². The minimum Gasteiger partial charge on any atom is -0.859 e. The first kappa shape index (κ1) is 37.2. The Balaban J connectivity index is 1.21. The summed E-state index contributed by atoms with van der Waals surface area (Å²) >= 11 is 0. The number of phosphoric ester groups is 3. The van der Waals surface area contributed by atoms with Crippen molar-refractivity contribution in [2.75, 3.05) is 18.9 Å². The third-order valence-electron chi connectivity index (χ3n) is 7.06. The van der Waals surface area contributed by atoms with Crippen molar-refractivity contribution in [2.24, 2.45) is 0 Å². The first-order valence-electron chi connectivity index (χ1n) is 13.4. The summed E-state index contributed by atoms with van der Waals surface area (Å²) in [5.74, 6) is -1.41. The summed E-state index contributed by atoms with van der Waals surface area (Å²) < 4.78 is 67.9. The minimum absolute atomic E-state index is 0.0121. The number of fused-ring (bicyclic) bond motifs is 1. The fourth-order valence-corrected chi connectivity index (χ4v) is 7.50. The topological polar surface area (TPSA) is 387 Å². The average molecular weight is 758 g/mol. The molecule has 0 amide bonds. The Morgan fingerprint density at radius 3 is 2.18 bits per heavy atom. The second-order valence-corrected chi connectivity index (χ2v) is 14.6. The molecule has 3 aromatic heterocycles. The number of nitrogens with two attached hydrogens (primary N) is 1. The van der Waals surface area contributed by atoms with Gasteiger partial charge in [0, 0.05) is 24.0 Å². The summed E-state index contributed by atoms with van der Waals surface area (Å²) in [5.41, 5.74) is 4.41. The molecule has 3 aromatic rings. The summed E-state index contributed by atoms with van der Waals surface area (Å²) in [6.07, 6.45) is -9.63. The Morgan fingerprint density at radius 1 is 0.959 bits per heavy atom. The second-order valence-electron chi connectivity index (χ2n) is 10.4. The molecule has 5 heterocycles. The van der Waals surface area contributed by atoms with Crippen LogP contribution in [0.5, 0.6) is 0 Å². The third-order valence-corrected chi connectivity index (χ3v) is 10.2. The molecule has 49 heavy (non-hydrogen) atoms. The Labute approximate surface area is 272 Å². The van der Waals surface area contributed by atoms with Crippen molar-refractivity contribution in [3.05, 3.63) is 46.9 Å². The largest absolute Gasteiger partial charge is 0.859 e. The lowest BCUT2D eigenvalue weighted by molar-refractivity contribution is -0.214. The van der Waals surface area contributed by atoms with Gasteiger partial charge in [-0.25, -0.2) is 28.6 Å². The van der Waals surface area contributed by atoms with Gasteiger partial charge in [0.1, 0.15) is 48.5 Å². The average Bonchev–Trinajstić information content (AvgIpc) is 3.64. The molecular formula is C21H27N7O18P3-. The molecule has 0 radical (unpaired) electrons. The SMILES string of the molecule is N=C([O-])c1cn([C@@H]2O[C@H](COP(=O)(O)OP(=O)(O)OC[C@H]3O[C@@H](n4cnc5c(N)ncnc54)[C@H](OP(=O)(O)O)[C@@H]3O)[C@@H](O)[C@H]2O)ccc1=O. The zero-order valence-electron chi connectivity index (χ0n) is 24.2. The highest BCUT2D eigenvalue weighted by molar-refractivity contribution is 7.61. The van der Waals surface area contributed by atoms with Gasteiger partial charge in [-0.15, -0.1) is 0 Å². The van der Waals surface area contributed by atoms with Gasteiger partial charge in [-0.2, -0.15) is 4.31 Å². The molecule has 2 saturated heterocycles. The van der Waals surface area contributed by atoms with E-state index in [2.05, 4.69) is 32.8 Å². The number of pyridine rings is 1. The number of aliphatic hydroxyl groups is 3. The lowest BCUT2D eigenvalue weighted by atomic mass is 10.1. The van der Waals surface area contributed by atoms with E-state index in [1.54, 1.807) is 0 Å². The highest BCUT2D eigenvalue weighted by Crippen LogP contribution is 2.61. The highest BCUT2D eigenvalue weighted by atomic mass is 31.3. The van der Waals surface area contributed by atoms with Gasteiger partial charge in [-0.3, -0.25) is 22.9 Å². The summed E-state index contributed by atoms with van der Waals surface area (Å²) in [6.45, 7) is -2.13. The van der Waals surface area contributed by atoms with E-state index in [1.165, 1.54) is 0 Å². The summed E-state index contributed by atoms with van der Waals surface area (Å²) in [4.78, 5) is 62.4. The van der Waals surface area contributed by atoms with Crippen LogP contribution in [0.4, 0.5) is 5.82 Å². The van der Waals surface area contributed by atoms with Crippen LogP contribution in [-0.2, 0) is 41.1 Å². The summed E-state index contributed by atoms with van der Waals surface area (Å²) in [5, 5.41) is 50.0. The van der Waals surface area contributed by atoms with Crippen LogP contribution in [0.3, 0.4) is 0 Å². The van der Waals surface area contributed by atoms with Crippen LogP contribution in [0.1, 0.15) is 18.0 Å². The number of nitrogens with one attached hydrogen (secondary N) is 1. The lowest BCUT2D eigenvalue weighted by Gasteiger charge is -2.22. The first-order valence-corrected chi connectivity index (χ1v) is 17.9. The van der Waals surface area contributed by atoms with Crippen molar-refractivity contribution in [1.82, 2.24) is 24.1 Å². The van der Waals surface area contributed by atoms with Crippen LogP contribution in [0, 0.1) is 5.41 Å². The fourth-order valence-electron chi connectivity index (χ4n) is 4.86. The molecule has 10 atom stereocenters. The Morgan fingerprint density at radius 2 is 1.57 bits per heavy atom. The number of aromatic nitrogens is 5. The number of phosphoric acid groups is 3. The number of nitrogens with zero attached hydrogens (tertiary/aromatic N) is 5. The minimum atomic E-state index is -5.56. The maximum atomic E-state index is 12.6. The molecule has 0 aromatic carbocycles. The maximum Gasteiger partial charge on any atom is 0.481 e. The van der Waals surface area contributed by atoms with E-state index in [9.17, 15) is 58.5 Å². The van der Waals surface area contributed by atoms with E-state index in [0.29, 0.717) is 0 Å². The molecule has 2 fully saturated rings. The number of rotatable bonds is 13. The van der Waals surface area contributed by atoms with Crippen molar-refractivity contribution in [2.45, 2.75) is 49.1 Å². The van der Waals surface area contributed by atoms with Crippen LogP contribution in [0.2, 0.25) is 0 Å².